The first kappa shape index (κ1) is 36.7. The van der Waals surface area contributed by atoms with E-state index >= 15 is 0 Å². The van der Waals surface area contributed by atoms with Gasteiger partial charge in [-0.3, -0.25) is 0 Å². The molecule has 7 unspecified atom stereocenters. The molecule has 2 aliphatic rings. The Kier molecular flexibility index (Phi) is 13.8. The lowest BCUT2D eigenvalue weighted by Crippen LogP contribution is -2.70. The summed E-state index contributed by atoms with van der Waals surface area (Å²) in [7, 11) is -11.2. The average molecular weight is 654 g/mol. The van der Waals surface area contributed by atoms with Crippen molar-refractivity contribution in [2.45, 2.75) is 74.9 Å². The molecule has 0 amide bonds. The molecule has 0 aliphatic carbocycles. The minimum Gasteiger partial charge on any atom is -0.394 e. The van der Waals surface area contributed by atoms with E-state index in [0.29, 0.717) is 19.4 Å². The van der Waals surface area contributed by atoms with Crippen LogP contribution in [0.1, 0.15) is 32.6 Å². The van der Waals surface area contributed by atoms with Gasteiger partial charge in [-0.2, -0.15) is 4.31 Å². The SMILES string of the molecule is CC(O)C1CC(OC(CO)C(COC2C[CH]CCO2)(NS(C)(=O)=O)C(CO)OCCS(C)(=O)=O)CCN1S(C)(=O)=O. The molecule has 243 valence electrons. The van der Waals surface area contributed by atoms with Crippen molar-refractivity contribution in [2.24, 2.45) is 0 Å². The Morgan fingerprint density at radius 2 is 1.76 bits per heavy atom. The van der Waals surface area contributed by atoms with Crippen LogP contribution in [0.2, 0.25) is 0 Å². The van der Waals surface area contributed by atoms with Gasteiger partial charge in [-0.05, 0) is 32.6 Å². The van der Waals surface area contributed by atoms with E-state index in [9.17, 15) is 40.6 Å². The van der Waals surface area contributed by atoms with E-state index in [2.05, 4.69) is 4.72 Å². The molecule has 0 aromatic carbocycles. The molecule has 15 nitrogen and oxygen atoms in total. The van der Waals surface area contributed by atoms with Crippen molar-refractivity contribution in [3.63, 3.8) is 0 Å². The first-order valence-corrected chi connectivity index (χ1v) is 19.1. The number of ether oxygens (including phenoxy) is 4. The minimum absolute atomic E-state index is 0.000255. The summed E-state index contributed by atoms with van der Waals surface area (Å²) < 4.78 is 100. The normalized spacial score (nSPS) is 27.1. The largest absolute Gasteiger partial charge is 0.394 e. The van der Waals surface area contributed by atoms with Gasteiger partial charge in [0, 0.05) is 19.2 Å². The number of nitrogens with one attached hydrogen (secondary N) is 1. The molecule has 2 heterocycles. The fourth-order valence-electron chi connectivity index (χ4n) is 5.03. The van der Waals surface area contributed by atoms with E-state index in [1.165, 1.54) is 11.2 Å². The lowest BCUT2D eigenvalue weighted by Gasteiger charge is -2.47. The van der Waals surface area contributed by atoms with Crippen molar-refractivity contribution >= 4 is 29.9 Å². The maximum atomic E-state index is 12.7. The van der Waals surface area contributed by atoms with Gasteiger partial charge in [0.05, 0.1) is 69.5 Å². The van der Waals surface area contributed by atoms with E-state index in [1.54, 1.807) is 0 Å². The molecule has 0 aromatic rings. The van der Waals surface area contributed by atoms with Crippen LogP contribution in [0, 0.1) is 6.42 Å². The van der Waals surface area contributed by atoms with Crippen LogP contribution in [0.4, 0.5) is 0 Å². The summed E-state index contributed by atoms with van der Waals surface area (Å²) in [5.74, 6) is -0.426. The number of sulfonamides is 2. The molecule has 0 aromatic heterocycles. The molecule has 7 atom stereocenters. The van der Waals surface area contributed by atoms with Gasteiger partial charge in [0.15, 0.2) is 6.29 Å². The molecule has 2 saturated heterocycles. The summed E-state index contributed by atoms with van der Waals surface area (Å²) in [5, 5.41) is 31.2. The van der Waals surface area contributed by atoms with Crippen molar-refractivity contribution in [3.8, 4) is 0 Å². The van der Waals surface area contributed by atoms with Gasteiger partial charge in [0.1, 0.15) is 27.6 Å². The van der Waals surface area contributed by atoms with Crippen LogP contribution in [0.15, 0.2) is 0 Å². The summed E-state index contributed by atoms with van der Waals surface area (Å²) >= 11 is 0. The van der Waals surface area contributed by atoms with Gasteiger partial charge < -0.3 is 34.3 Å². The lowest BCUT2D eigenvalue weighted by molar-refractivity contribution is -0.205. The predicted molar refractivity (Wildman–Crippen MR) is 148 cm³/mol. The summed E-state index contributed by atoms with van der Waals surface area (Å²) in [6.07, 6.45) is 0.619. The third-order valence-corrected chi connectivity index (χ3v) is 9.97. The summed E-state index contributed by atoms with van der Waals surface area (Å²) in [5.41, 5.74) is -1.98. The van der Waals surface area contributed by atoms with Gasteiger partial charge in [-0.25, -0.2) is 30.0 Å². The number of rotatable bonds is 17. The molecule has 41 heavy (non-hydrogen) atoms. The smallest absolute Gasteiger partial charge is 0.211 e. The van der Waals surface area contributed by atoms with Crippen LogP contribution in [-0.4, -0.2) is 151 Å². The van der Waals surface area contributed by atoms with E-state index in [4.69, 9.17) is 18.9 Å². The Morgan fingerprint density at radius 3 is 2.24 bits per heavy atom. The first-order valence-electron chi connectivity index (χ1n) is 13.3. The fourth-order valence-corrected chi connectivity index (χ4v) is 7.63. The number of aliphatic hydroxyl groups is 3. The molecule has 2 fully saturated rings. The van der Waals surface area contributed by atoms with Gasteiger partial charge in [0.2, 0.25) is 20.0 Å². The molecule has 0 bridgehead atoms. The fraction of sp³-hybridized carbons (Fsp3) is 0.957. The molecule has 18 heteroatoms. The van der Waals surface area contributed by atoms with Crippen LogP contribution in [-0.2, 0) is 48.8 Å². The molecule has 0 saturated carbocycles. The molecular weight excluding hydrogens is 608 g/mol. The standard InChI is InChI=1S/C23H45N2O13S3/c1-17(28)19-13-18(8-9-25(19)41(4,33)34)38-21(15-27)23(24-40(3,31)32,16-37-22-7-5-6-10-36-22)20(14-26)35-11-12-39(2,29)30/h5,17-22,24,26-28H,6-16H2,1-4H3. The number of piperidine rings is 1. The summed E-state index contributed by atoms with van der Waals surface area (Å²) in [6.45, 7) is -0.699. The van der Waals surface area contributed by atoms with Crippen molar-refractivity contribution in [2.75, 3.05) is 64.1 Å². The van der Waals surface area contributed by atoms with Crippen molar-refractivity contribution in [1.82, 2.24) is 9.03 Å². The van der Waals surface area contributed by atoms with Crippen LogP contribution in [0.25, 0.3) is 0 Å². The third kappa shape index (κ3) is 11.5. The Labute approximate surface area is 243 Å². The highest BCUT2D eigenvalue weighted by atomic mass is 32.2. The Bertz CT molecular complexity index is 1130. The lowest BCUT2D eigenvalue weighted by atomic mass is 9.87. The molecule has 2 aliphatic heterocycles. The van der Waals surface area contributed by atoms with Crippen LogP contribution >= 0.6 is 0 Å². The number of aliphatic hydroxyl groups excluding tert-OH is 3. The second-order valence-corrected chi connectivity index (χ2v) is 16.6. The van der Waals surface area contributed by atoms with E-state index in [1.807, 2.05) is 6.42 Å². The van der Waals surface area contributed by atoms with Gasteiger partial charge >= 0.3 is 0 Å². The second kappa shape index (κ2) is 15.5. The zero-order valence-corrected chi connectivity index (χ0v) is 26.4. The minimum atomic E-state index is -4.10. The van der Waals surface area contributed by atoms with Crippen molar-refractivity contribution in [3.05, 3.63) is 6.42 Å². The van der Waals surface area contributed by atoms with Gasteiger partial charge in [0.25, 0.3) is 0 Å². The van der Waals surface area contributed by atoms with Gasteiger partial charge in [-0.1, -0.05) is 0 Å². The predicted octanol–water partition coefficient (Wildman–Crippen LogP) is -2.40. The highest BCUT2D eigenvalue weighted by Crippen LogP contribution is 2.31. The highest BCUT2D eigenvalue weighted by molar-refractivity contribution is 7.90. The second-order valence-electron chi connectivity index (χ2n) is 10.6. The van der Waals surface area contributed by atoms with Crippen LogP contribution in [0.5, 0.6) is 0 Å². The zero-order chi connectivity index (χ0) is 31.1. The van der Waals surface area contributed by atoms with E-state index in [0.717, 1.165) is 18.8 Å². The first-order chi connectivity index (χ1) is 18.9. The number of sulfone groups is 1. The van der Waals surface area contributed by atoms with Crippen LogP contribution < -0.4 is 4.72 Å². The quantitative estimate of drug-likeness (QED) is 0.129. The Morgan fingerprint density at radius 1 is 1.10 bits per heavy atom. The maximum absolute atomic E-state index is 12.7. The summed E-state index contributed by atoms with van der Waals surface area (Å²) in [4.78, 5) is 0. The Balaban J connectivity index is 2.47. The average Bonchev–Trinajstić information content (AvgIpc) is 2.86. The molecular formula is C23H45N2O13S3. The van der Waals surface area contributed by atoms with E-state index < -0.39 is 104 Å². The molecule has 0 spiro atoms. The van der Waals surface area contributed by atoms with Crippen LogP contribution in [0.3, 0.4) is 0 Å². The number of hydrogen-bond acceptors (Lipinski definition) is 13. The highest BCUT2D eigenvalue weighted by Gasteiger charge is 2.51. The Hall–Kier alpha value is -0.510. The molecule has 1 radical (unpaired) electrons. The maximum Gasteiger partial charge on any atom is 0.211 e. The topological polar surface area (TPSA) is 215 Å². The number of nitrogens with zero attached hydrogens (tertiary/aromatic N) is 1. The van der Waals surface area contributed by atoms with Crippen molar-refractivity contribution in [1.29, 1.82) is 0 Å². The van der Waals surface area contributed by atoms with E-state index in [-0.39, 0.29) is 19.4 Å². The zero-order valence-electron chi connectivity index (χ0n) is 23.9. The van der Waals surface area contributed by atoms with Gasteiger partial charge in [-0.15, -0.1) is 0 Å². The third-order valence-electron chi connectivity index (χ3n) is 7.01. The summed E-state index contributed by atoms with van der Waals surface area (Å²) in [6, 6.07) is -0.845. The number of hydrogen-bond donors (Lipinski definition) is 4. The molecule has 4 N–H and O–H groups in total. The monoisotopic (exact) mass is 653 g/mol. The van der Waals surface area contributed by atoms with Crippen molar-refractivity contribution < 1.29 is 59.5 Å². The molecule has 2 rings (SSSR count).